The Morgan fingerprint density at radius 1 is 0.364 bits per heavy atom. The zero-order chi connectivity index (χ0) is 26.2. The van der Waals surface area contributed by atoms with Gasteiger partial charge in [0.2, 0.25) is 0 Å². The lowest BCUT2D eigenvalue weighted by Gasteiger charge is -2.40. The predicted octanol–water partition coefficient (Wildman–Crippen LogP) is 7.06. The normalized spacial score (nSPS) is 14.7. The Labute approximate surface area is 206 Å². The van der Waals surface area contributed by atoms with Gasteiger partial charge in [-0.2, -0.15) is 0 Å². The molecule has 0 saturated carbocycles. The average Bonchev–Trinajstić information content (AvgIpc) is 2.63. The highest BCUT2D eigenvalue weighted by Gasteiger charge is 2.37. The standard InChI is InChI=1S/C28H58O5/c1-15-27(19-30-23(3,4)5,20-31-24(6,7)8)17-29-18-28(16-2,21-32-25(9,10)11)22-33-26(12,13)14/h15-22H2,1-14H3. The van der Waals surface area contributed by atoms with E-state index in [9.17, 15) is 0 Å². The third-order valence-corrected chi connectivity index (χ3v) is 5.56. The first-order chi connectivity index (χ1) is 14.7. The molecule has 0 aliphatic carbocycles. The molecule has 0 saturated heterocycles. The van der Waals surface area contributed by atoms with Crippen LogP contribution in [0, 0.1) is 10.8 Å². The number of rotatable bonds is 14. The van der Waals surface area contributed by atoms with Gasteiger partial charge in [-0.25, -0.2) is 0 Å². The SMILES string of the molecule is CCC(COCC(CC)(COC(C)(C)C)COC(C)(C)C)(COC(C)(C)C)COC(C)(C)C. The van der Waals surface area contributed by atoms with Crippen LogP contribution in [0.15, 0.2) is 0 Å². The van der Waals surface area contributed by atoms with Crippen LogP contribution in [0.1, 0.15) is 110 Å². The van der Waals surface area contributed by atoms with E-state index >= 15 is 0 Å². The van der Waals surface area contributed by atoms with Gasteiger partial charge in [-0.3, -0.25) is 0 Å². The first kappa shape index (κ1) is 32.8. The van der Waals surface area contributed by atoms with Crippen molar-refractivity contribution in [2.45, 2.75) is 132 Å². The third kappa shape index (κ3) is 16.2. The van der Waals surface area contributed by atoms with Crippen molar-refractivity contribution < 1.29 is 23.7 Å². The van der Waals surface area contributed by atoms with Crippen LogP contribution in [0.4, 0.5) is 0 Å². The molecular weight excluding hydrogens is 416 g/mol. The van der Waals surface area contributed by atoms with E-state index in [2.05, 4.69) is 96.9 Å². The van der Waals surface area contributed by atoms with Gasteiger partial charge in [-0.05, 0) is 95.9 Å². The molecule has 0 rings (SSSR count). The zero-order valence-electron chi connectivity index (χ0n) is 24.7. The van der Waals surface area contributed by atoms with Crippen LogP contribution < -0.4 is 0 Å². The van der Waals surface area contributed by atoms with Crippen LogP contribution in [0.2, 0.25) is 0 Å². The molecule has 0 unspecified atom stereocenters. The minimum atomic E-state index is -0.212. The fraction of sp³-hybridized carbons (Fsp3) is 1.00. The van der Waals surface area contributed by atoms with E-state index in [1.165, 1.54) is 0 Å². The van der Waals surface area contributed by atoms with E-state index in [0.717, 1.165) is 12.8 Å². The average molecular weight is 475 g/mol. The maximum Gasteiger partial charge on any atom is 0.0598 e. The molecule has 0 fully saturated rings. The topological polar surface area (TPSA) is 46.2 Å². The van der Waals surface area contributed by atoms with E-state index < -0.39 is 0 Å². The van der Waals surface area contributed by atoms with Crippen molar-refractivity contribution in [3.63, 3.8) is 0 Å². The molecule has 0 atom stereocenters. The predicted molar refractivity (Wildman–Crippen MR) is 139 cm³/mol. The van der Waals surface area contributed by atoms with Crippen LogP contribution in [0.25, 0.3) is 0 Å². The second-order valence-electron chi connectivity index (χ2n) is 13.8. The molecule has 0 aromatic heterocycles. The lowest BCUT2D eigenvalue weighted by atomic mass is 9.85. The number of ether oxygens (including phenoxy) is 5. The van der Waals surface area contributed by atoms with Crippen molar-refractivity contribution in [3.05, 3.63) is 0 Å². The summed E-state index contributed by atoms with van der Waals surface area (Å²) < 4.78 is 31.4. The van der Waals surface area contributed by atoms with Crippen molar-refractivity contribution in [2.24, 2.45) is 10.8 Å². The Morgan fingerprint density at radius 2 is 0.576 bits per heavy atom. The summed E-state index contributed by atoms with van der Waals surface area (Å²) in [5, 5.41) is 0. The van der Waals surface area contributed by atoms with Crippen LogP contribution in [0.3, 0.4) is 0 Å². The van der Waals surface area contributed by atoms with Gasteiger partial charge in [0.15, 0.2) is 0 Å². The van der Waals surface area contributed by atoms with E-state index in [1.807, 2.05) is 0 Å². The Morgan fingerprint density at radius 3 is 0.727 bits per heavy atom. The molecule has 0 aliphatic heterocycles. The smallest absolute Gasteiger partial charge is 0.0598 e. The van der Waals surface area contributed by atoms with Crippen LogP contribution in [0.5, 0.6) is 0 Å². The largest absolute Gasteiger partial charge is 0.380 e. The maximum atomic E-state index is 6.49. The molecule has 33 heavy (non-hydrogen) atoms. The van der Waals surface area contributed by atoms with Gasteiger partial charge in [0, 0.05) is 10.8 Å². The molecule has 0 amide bonds. The quantitative estimate of drug-likeness (QED) is 0.270. The molecule has 0 aromatic rings. The zero-order valence-corrected chi connectivity index (χ0v) is 24.7. The Balaban J connectivity index is 5.53. The molecule has 0 heterocycles. The molecule has 5 heteroatoms. The first-order valence-corrected chi connectivity index (χ1v) is 12.8. The second-order valence-corrected chi connectivity index (χ2v) is 13.8. The highest BCUT2D eigenvalue weighted by molar-refractivity contribution is 4.84. The fourth-order valence-electron chi connectivity index (χ4n) is 2.82. The molecule has 0 aliphatic rings. The van der Waals surface area contributed by atoms with Crippen LogP contribution >= 0.6 is 0 Å². The van der Waals surface area contributed by atoms with Crippen molar-refractivity contribution in [1.29, 1.82) is 0 Å². The summed E-state index contributed by atoms with van der Waals surface area (Å²) in [7, 11) is 0. The summed E-state index contributed by atoms with van der Waals surface area (Å²) in [4.78, 5) is 0. The summed E-state index contributed by atoms with van der Waals surface area (Å²) >= 11 is 0. The minimum Gasteiger partial charge on any atom is -0.380 e. The molecule has 200 valence electrons. The van der Waals surface area contributed by atoms with Gasteiger partial charge in [-0.1, -0.05) is 13.8 Å². The van der Waals surface area contributed by atoms with Crippen LogP contribution in [-0.4, -0.2) is 62.0 Å². The molecule has 5 nitrogen and oxygen atoms in total. The van der Waals surface area contributed by atoms with Gasteiger partial charge in [0.05, 0.1) is 62.0 Å². The Hall–Kier alpha value is -0.200. The molecular formula is C28H58O5. The first-order valence-electron chi connectivity index (χ1n) is 12.8. The summed E-state index contributed by atoms with van der Waals surface area (Å²) in [5.41, 5.74) is -1.27. The van der Waals surface area contributed by atoms with Crippen molar-refractivity contribution in [1.82, 2.24) is 0 Å². The van der Waals surface area contributed by atoms with Crippen molar-refractivity contribution in [3.8, 4) is 0 Å². The molecule has 0 aromatic carbocycles. The maximum absolute atomic E-state index is 6.49. The Kier molecular flexibility index (Phi) is 12.6. The lowest BCUT2D eigenvalue weighted by Crippen LogP contribution is -2.45. The van der Waals surface area contributed by atoms with Crippen molar-refractivity contribution in [2.75, 3.05) is 39.6 Å². The van der Waals surface area contributed by atoms with Gasteiger partial charge in [0.25, 0.3) is 0 Å². The second kappa shape index (κ2) is 12.7. The van der Waals surface area contributed by atoms with E-state index in [1.54, 1.807) is 0 Å². The molecule has 0 N–H and O–H groups in total. The van der Waals surface area contributed by atoms with Gasteiger partial charge >= 0.3 is 0 Å². The summed E-state index contributed by atoms with van der Waals surface area (Å²) in [6.45, 7) is 33.0. The number of hydrogen-bond donors (Lipinski definition) is 0. The summed E-state index contributed by atoms with van der Waals surface area (Å²) in [6, 6.07) is 0. The molecule has 0 bridgehead atoms. The lowest BCUT2D eigenvalue weighted by molar-refractivity contribution is -0.158. The fourth-order valence-corrected chi connectivity index (χ4v) is 2.82. The van der Waals surface area contributed by atoms with Gasteiger partial charge in [-0.15, -0.1) is 0 Å². The third-order valence-electron chi connectivity index (χ3n) is 5.56. The molecule has 0 spiro atoms. The monoisotopic (exact) mass is 474 g/mol. The Bertz CT molecular complexity index is 444. The number of hydrogen-bond acceptors (Lipinski definition) is 5. The molecule has 0 radical (unpaired) electrons. The summed E-state index contributed by atoms with van der Waals surface area (Å²) in [5.74, 6) is 0. The van der Waals surface area contributed by atoms with Gasteiger partial charge < -0.3 is 23.7 Å². The van der Waals surface area contributed by atoms with Gasteiger partial charge in [0.1, 0.15) is 0 Å². The highest BCUT2D eigenvalue weighted by atomic mass is 16.5. The van der Waals surface area contributed by atoms with E-state index in [4.69, 9.17) is 23.7 Å². The summed E-state index contributed by atoms with van der Waals surface area (Å²) in [6.07, 6.45) is 1.82. The van der Waals surface area contributed by atoms with Crippen LogP contribution in [-0.2, 0) is 23.7 Å². The van der Waals surface area contributed by atoms with E-state index in [0.29, 0.717) is 39.6 Å². The van der Waals surface area contributed by atoms with Crippen molar-refractivity contribution >= 4 is 0 Å². The minimum absolute atomic E-state index is 0.212. The highest BCUT2D eigenvalue weighted by Crippen LogP contribution is 2.32. The van der Waals surface area contributed by atoms with E-state index in [-0.39, 0.29) is 33.2 Å².